The number of hydrogen-bond acceptors (Lipinski definition) is 5. The molecule has 2 heterocycles. The average Bonchev–Trinajstić information content (AvgIpc) is 2.49. The smallest absolute Gasteiger partial charge is 0.340 e. The summed E-state index contributed by atoms with van der Waals surface area (Å²) in [4.78, 5) is 39.4. The molecule has 2 aromatic heterocycles. The first-order chi connectivity index (χ1) is 9.97. The molecule has 0 atom stereocenters. The number of nitrogens with zero attached hydrogens (tertiary/aromatic N) is 2. The van der Waals surface area contributed by atoms with Crippen molar-refractivity contribution in [2.24, 2.45) is 7.05 Å². The first-order valence-corrected chi connectivity index (χ1v) is 5.93. The number of ether oxygens (including phenoxy) is 1. The van der Waals surface area contributed by atoms with Gasteiger partial charge in [0.15, 0.2) is 0 Å². The van der Waals surface area contributed by atoms with Crippen molar-refractivity contribution in [2.45, 2.75) is 0 Å². The Bertz CT molecular complexity index is 765. The zero-order chi connectivity index (χ0) is 15.6. The number of esters is 1. The van der Waals surface area contributed by atoms with Crippen LogP contribution in [-0.2, 0) is 11.8 Å². The molecule has 7 heteroatoms. The van der Waals surface area contributed by atoms with Crippen LogP contribution in [0.4, 0.5) is 0 Å². The predicted octanol–water partition coefficient (Wildman–Crippen LogP) is 0.932. The molecule has 2 rings (SSSR count). The molecule has 108 valence electrons. The molecule has 0 radical (unpaired) electrons. The summed E-state index contributed by atoms with van der Waals surface area (Å²) < 4.78 is 5.73. The van der Waals surface area contributed by atoms with Crippen LogP contribution in [0.2, 0.25) is 0 Å². The number of carbonyl (C=O) groups excluding carboxylic acids is 1. The summed E-state index contributed by atoms with van der Waals surface area (Å²) in [5, 5.41) is 9.40. The molecular weight excluding hydrogens is 276 g/mol. The maximum atomic E-state index is 12.3. The van der Waals surface area contributed by atoms with E-state index in [9.17, 15) is 19.5 Å². The standard InChI is InChI=1S/C14H12N2O5/c1-16-7-9(14(20)21-2)11(13(18)19)10(12(16)17)8-3-5-15-6-4-8/h3-7H,1-2H3,(H,18,19). The molecule has 0 saturated carbocycles. The van der Waals surface area contributed by atoms with Crippen molar-refractivity contribution in [3.63, 3.8) is 0 Å². The van der Waals surface area contributed by atoms with E-state index in [1.54, 1.807) is 0 Å². The summed E-state index contributed by atoms with van der Waals surface area (Å²) in [7, 11) is 2.58. The Morgan fingerprint density at radius 3 is 2.43 bits per heavy atom. The molecule has 0 aromatic carbocycles. The zero-order valence-electron chi connectivity index (χ0n) is 11.4. The molecule has 0 saturated heterocycles. The van der Waals surface area contributed by atoms with Crippen LogP contribution in [0.3, 0.4) is 0 Å². The monoisotopic (exact) mass is 288 g/mol. The van der Waals surface area contributed by atoms with E-state index in [1.807, 2.05) is 0 Å². The van der Waals surface area contributed by atoms with Crippen molar-refractivity contribution in [1.82, 2.24) is 9.55 Å². The Hall–Kier alpha value is -2.96. The lowest BCUT2D eigenvalue weighted by molar-refractivity contribution is 0.0581. The minimum Gasteiger partial charge on any atom is -0.478 e. The predicted molar refractivity (Wildman–Crippen MR) is 73.2 cm³/mol. The summed E-state index contributed by atoms with van der Waals surface area (Å²) in [6.07, 6.45) is 4.03. The van der Waals surface area contributed by atoms with E-state index >= 15 is 0 Å². The molecule has 0 aliphatic carbocycles. The van der Waals surface area contributed by atoms with E-state index in [4.69, 9.17) is 0 Å². The Morgan fingerprint density at radius 2 is 1.90 bits per heavy atom. The summed E-state index contributed by atoms with van der Waals surface area (Å²) in [6.45, 7) is 0. The Kier molecular flexibility index (Phi) is 3.84. The zero-order valence-corrected chi connectivity index (χ0v) is 11.4. The molecule has 0 aliphatic rings. The second kappa shape index (κ2) is 5.58. The topological polar surface area (TPSA) is 98.5 Å². The summed E-state index contributed by atoms with van der Waals surface area (Å²) in [6, 6.07) is 3.01. The Labute approximate surface area is 119 Å². The first-order valence-electron chi connectivity index (χ1n) is 5.93. The average molecular weight is 288 g/mol. The van der Waals surface area contributed by atoms with Crippen molar-refractivity contribution >= 4 is 11.9 Å². The van der Waals surface area contributed by atoms with Crippen LogP contribution in [0.5, 0.6) is 0 Å². The highest BCUT2D eigenvalue weighted by Gasteiger charge is 2.25. The number of aromatic nitrogens is 2. The van der Waals surface area contributed by atoms with Crippen LogP contribution in [0.1, 0.15) is 20.7 Å². The van der Waals surface area contributed by atoms with Crippen LogP contribution in [0.15, 0.2) is 35.5 Å². The number of carboxylic acid groups (broad SMARTS) is 1. The fraction of sp³-hybridized carbons (Fsp3) is 0.143. The maximum Gasteiger partial charge on any atom is 0.340 e. The van der Waals surface area contributed by atoms with Gasteiger partial charge in [-0.2, -0.15) is 0 Å². The van der Waals surface area contributed by atoms with Gasteiger partial charge in [-0.05, 0) is 17.7 Å². The van der Waals surface area contributed by atoms with Crippen molar-refractivity contribution in [3.05, 3.63) is 52.2 Å². The maximum absolute atomic E-state index is 12.3. The van der Waals surface area contributed by atoms with Crippen LogP contribution in [0.25, 0.3) is 11.1 Å². The van der Waals surface area contributed by atoms with E-state index in [0.29, 0.717) is 5.56 Å². The number of rotatable bonds is 3. The van der Waals surface area contributed by atoms with E-state index in [2.05, 4.69) is 9.72 Å². The van der Waals surface area contributed by atoms with Crippen LogP contribution in [-0.4, -0.2) is 33.7 Å². The third kappa shape index (κ3) is 2.53. The minimum absolute atomic E-state index is 0.0738. The first kappa shape index (κ1) is 14.4. The number of carboxylic acids is 1. The summed E-state index contributed by atoms with van der Waals surface area (Å²) >= 11 is 0. The molecule has 0 unspecified atom stereocenters. The highest BCUT2D eigenvalue weighted by atomic mass is 16.5. The third-order valence-corrected chi connectivity index (χ3v) is 2.96. The van der Waals surface area contributed by atoms with Crippen molar-refractivity contribution < 1.29 is 19.4 Å². The van der Waals surface area contributed by atoms with Gasteiger partial charge < -0.3 is 14.4 Å². The number of hydrogen-bond donors (Lipinski definition) is 1. The quantitative estimate of drug-likeness (QED) is 0.844. The van der Waals surface area contributed by atoms with E-state index in [1.165, 1.54) is 31.6 Å². The fourth-order valence-corrected chi connectivity index (χ4v) is 2.01. The highest BCUT2D eigenvalue weighted by molar-refractivity contribution is 6.06. The Morgan fingerprint density at radius 1 is 1.29 bits per heavy atom. The SMILES string of the molecule is COC(=O)c1cn(C)c(=O)c(-c2ccncc2)c1C(=O)O. The lowest BCUT2D eigenvalue weighted by Gasteiger charge is -2.12. The molecule has 0 fully saturated rings. The third-order valence-electron chi connectivity index (χ3n) is 2.96. The molecule has 0 spiro atoms. The minimum atomic E-state index is -1.38. The van der Waals surface area contributed by atoms with Gasteiger partial charge in [0.25, 0.3) is 5.56 Å². The highest BCUT2D eigenvalue weighted by Crippen LogP contribution is 2.23. The van der Waals surface area contributed by atoms with Crippen molar-refractivity contribution in [1.29, 1.82) is 0 Å². The number of methoxy groups -OCH3 is 1. The van der Waals surface area contributed by atoms with Gasteiger partial charge in [0, 0.05) is 25.6 Å². The van der Waals surface area contributed by atoms with Gasteiger partial charge in [-0.3, -0.25) is 9.78 Å². The molecule has 1 N–H and O–H groups in total. The fourth-order valence-electron chi connectivity index (χ4n) is 2.01. The van der Waals surface area contributed by atoms with Gasteiger partial charge >= 0.3 is 11.9 Å². The van der Waals surface area contributed by atoms with Crippen LogP contribution >= 0.6 is 0 Å². The number of aryl methyl sites for hydroxylation is 1. The van der Waals surface area contributed by atoms with Gasteiger partial charge in [0.1, 0.15) is 0 Å². The number of carbonyl (C=O) groups is 2. The lowest BCUT2D eigenvalue weighted by atomic mass is 9.98. The largest absolute Gasteiger partial charge is 0.478 e. The molecule has 0 bridgehead atoms. The summed E-state index contributed by atoms with van der Waals surface area (Å²) in [5.74, 6) is -2.20. The Balaban J connectivity index is 2.91. The second-order valence-corrected chi connectivity index (χ2v) is 4.24. The van der Waals surface area contributed by atoms with E-state index in [-0.39, 0.29) is 16.7 Å². The second-order valence-electron chi connectivity index (χ2n) is 4.24. The number of pyridine rings is 2. The molecule has 0 aliphatic heterocycles. The van der Waals surface area contributed by atoms with Gasteiger partial charge in [-0.1, -0.05) is 0 Å². The normalized spacial score (nSPS) is 10.2. The van der Waals surface area contributed by atoms with Crippen LogP contribution < -0.4 is 5.56 Å². The van der Waals surface area contributed by atoms with Crippen molar-refractivity contribution in [3.8, 4) is 11.1 Å². The van der Waals surface area contributed by atoms with E-state index < -0.39 is 17.5 Å². The molecule has 2 aromatic rings. The van der Waals surface area contributed by atoms with Crippen molar-refractivity contribution in [2.75, 3.05) is 7.11 Å². The molecule has 21 heavy (non-hydrogen) atoms. The van der Waals surface area contributed by atoms with E-state index in [0.717, 1.165) is 17.9 Å². The van der Waals surface area contributed by atoms with Gasteiger partial charge in [0.2, 0.25) is 0 Å². The molecule has 7 nitrogen and oxygen atoms in total. The lowest BCUT2D eigenvalue weighted by Crippen LogP contribution is -2.25. The van der Waals surface area contributed by atoms with Gasteiger partial charge in [0.05, 0.1) is 23.8 Å². The van der Waals surface area contributed by atoms with Gasteiger partial charge in [-0.25, -0.2) is 9.59 Å². The van der Waals surface area contributed by atoms with Crippen LogP contribution in [0, 0.1) is 0 Å². The number of aromatic carboxylic acids is 1. The van der Waals surface area contributed by atoms with Gasteiger partial charge in [-0.15, -0.1) is 0 Å². The molecular formula is C14H12N2O5. The summed E-state index contributed by atoms with van der Waals surface area (Å²) in [5.41, 5.74) is -0.787. The molecule has 0 amide bonds.